The van der Waals surface area contributed by atoms with Gasteiger partial charge in [-0.2, -0.15) is 4.99 Å². The van der Waals surface area contributed by atoms with Crippen molar-refractivity contribution < 1.29 is 13.6 Å². The van der Waals surface area contributed by atoms with E-state index in [0.29, 0.717) is 6.42 Å². The van der Waals surface area contributed by atoms with Crippen molar-refractivity contribution in [1.82, 2.24) is 0 Å². The number of guanidine groups is 1. The first-order valence-electron chi connectivity index (χ1n) is 5.32. The lowest BCUT2D eigenvalue weighted by Gasteiger charge is -2.20. The summed E-state index contributed by atoms with van der Waals surface area (Å²) in [6, 6.07) is 2.43. The lowest BCUT2D eigenvalue weighted by Crippen LogP contribution is -2.34. The van der Waals surface area contributed by atoms with Crippen LogP contribution < -0.4 is 16.4 Å². The van der Waals surface area contributed by atoms with Crippen LogP contribution in [0.5, 0.6) is 0 Å². The van der Waals surface area contributed by atoms with Gasteiger partial charge in [0.2, 0.25) is 0 Å². The van der Waals surface area contributed by atoms with Crippen molar-refractivity contribution in [2.45, 2.75) is 13.3 Å². The van der Waals surface area contributed by atoms with Gasteiger partial charge in [-0.15, -0.1) is 0 Å². The molecule has 98 valence electrons. The van der Waals surface area contributed by atoms with Crippen LogP contribution in [0.15, 0.2) is 23.2 Å². The molecule has 1 aromatic carbocycles. The van der Waals surface area contributed by atoms with Gasteiger partial charge >= 0.3 is 6.03 Å². The molecule has 0 bridgehead atoms. The lowest BCUT2D eigenvalue weighted by atomic mass is 10.2. The third-order valence-corrected chi connectivity index (χ3v) is 2.11. The van der Waals surface area contributed by atoms with Gasteiger partial charge in [0.05, 0.1) is 0 Å². The number of rotatable bonds is 3. The van der Waals surface area contributed by atoms with Crippen LogP contribution in [-0.4, -0.2) is 18.5 Å². The highest BCUT2D eigenvalue weighted by atomic mass is 19.1. The minimum atomic E-state index is -0.902. The average Bonchev–Trinajstić information content (AvgIpc) is 2.26. The van der Waals surface area contributed by atoms with E-state index in [9.17, 15) is 13.6 Å². The van der Waals surface area contributed by atoms with Gasteiger partial charge in [0, 0.05) is 6.54 Å². The molecule has 0 heterocycles. The summed E-state index contributed by atoms with van der Waals surface area (Å²) >= 11 is 0. The standard InChI is InChI=1S/C11H14F2N4O/c1-2-6-17(11(18)16-10(14)15)9-7(12)4-3-5-8(9)13/h3-5H,2,6H2,1H3,(H4,14,15,16,18). The predicted octanol–water partition coefficient (Wildman–Crippen LogP) is 1.57. The van der Waals surface area contributed by atoms with E-state index in [1.807, 2.05) is 0 Å². The molecule has 0 fully saturated rings. The van der Waals surface area contributed by atoms with Gasteiger partial charge in [-0.25, -0.2) is 13.6 Å². The zero-order chi connectivity index (χ0) is 13.7. The Bertz CT molecular complexity index is 452. The largest absolute Gasteiger partial charge is 0.370 e. The van der Waals surface area contributed by atoms with Gasteiger partial charge < -0.3 is 11.5 Å². The molecule has 0 saturated carbocycles. The fourth-order valence-corrected chi connectivity index (χ4v) is 1.44. The SMILES string of the molecule is CCCN(C(=O)N=C(N)N)c1c(F)cccc1F. The van der Waals surface area contributed by atoms with Crippen molar-refractivity contribution >= 4 is 17.7 Å². The summed E-state index contributed by atoms with van der Waals surface area (Å²) in [5.41, 5.74) is 9.70. The number of nitrogens with zero attached hydrogens (tertiary/aromatic N) is 2. The number of para-hydroxylation sites is 1. The maximum atomic E-state index is 13.6. The molecule has 2 amide bonds. The Labute approximate surface area is 103 Å². The number of hydrogen-bond donors (Lipinski definition) is 2. The van der Waals surface area contributed by atoms with Crippen molar-refractivity contribution in [2.24, 2.45) is 16.5 Å². The first kappa shape index (κ1) is 13.9. The van der Waals surface area contributed by atoms with E-state index in [4.69, 9.17) is 11.5 Å². The number of aliphatic imine (C=N–C) groups is 1. The van der Waals surface area contributed by atoms with Gasteiger partial charge in [0.1, 0.15) is 17.3 Å². The number of benzene rings is 1. The number of amides is 2. The van der Waals surface area contributed by atoms with Gasteiger partial charge in [-0.1, -0.05) is 13.0 Å². The second kappa shape index (κ2) is 5.95. The molecule has 0 aliphatic carbocycles. The molecule has 0 radical (unpaired) electrons. The van der Waals surface area contributed by atoms with Gasteiger partial charge in [0.25, 0.3) is 0 Å². The lowest BCUT2D eigenvalue weighted by molar-refractivity contribution is 0.253. The minimum absolute atomic E-state index is 0.105. The summed E-state index contributed by atoms with van der Waals surface area (Å²) in [5, 5.41) is 0. The zero-order valence-corrected chi connectivity index (χ0v) is 9.86. The van der Waals surface area contributed by atoms with Crippen LogP contribution in [-0.2, 0) is 0 Å². The van der Waals surface area contributed by atoms with Crippen LogP contribution in [0.4, 0.5) is 19.3 Å². The molecule has 0 atom stereocenters. The molecule has 1 rings (SSSR count). The Morgan fingerprint density at radius 3 is 2.33 bits per heavy atom. The quantitative estimate of drug-likeness (QED) is 0.636. The smallest absolute Gasteiger partial charge is 0.351 e. The van der Waals surface area contributed by atoms with E-state index < -0.39 is 29.3 Å². The van der Waals surface area contributed by atoms with E-state index in [1.165, 1.54) is 6.07 Å². The van der Waals surface area contributed by atoms with Crippen molar-refractivity contribution in [3.8, 4) is 0 Å². The summed E-state index contributed by atoms with van der Waals surface area (Å²) < 4.78 is 27.2. The van der Waals surface area contributed by atoms with Crippen LogP contribution in [0, 0.1) is 11.6 Å². The fraction of sp³-hybridized carbons (Fsp3) is 0.273. The Kier molecular flexibility index (Phi) is 4.59. The van der Waals surface area contributed by atoms with E-state index in [2.05, 4.69) is 4.99 Å². The third-order valence-electron chi connectivity index (χ3n) is 2.11. The van der Waals surface area contributed by atoms with E-state index >= 15 is 0 Å². The van der Waals surface area contributed by atoms with Crippen LogP contribution in [0.1, 0.15) is 13.3 Å². The predicted molar refractivity (Wildman–Crippen MR) is 65.2 cm³/mol. The zero-order valence-electron chi connectivity index (χ0n) is 9.86. The van der Waals surface area contributed by atoms with Crippen LogP contribution >= 0.6 is 0 Å². The molecular formula is C11H14F2N4O. The Hall–Kier alpha value is -2.18. The van der Waals surface area contributed by atoms with Crippen molar-refractivity contribution in [2.75, 3.05) is 11.4 Å². The third kappa shape index (κ3) is 3.16. The molecule has 1 aromatic rings. The number of anilines is 1. The molecule has 0 unspecified atom stereocenters. The maximum Gasteiger partial charge on any atom is 0.351 e. The molecule has 0 saturated heterocycles. The van der Waals surface area contributed by atoms with E-state index in [-0.39, 0.29) is 6.54 Å². The van der Waals surface area contributed by atoms with Crippen LogP contribution in [0.2, 0.25) is 0 Å². The molecule has 7 heteroatoms. The van der Waals surface area contributed by atoms with Crippen molar-refractivity contribution in [3.05, 3.63) is 29.8 Å². The maximum absolute atomic E-state index is 13.6. The first-order valence-corrected chi connectivity index (χ1v) is 5.32. The van der Waals surface area contributed by atoms with Crippen molar-refractivity contribution in [1.29, 1.82) is 0 Å². The topological polar surface area (TPSA) is 84.7 Å². The monoisotopic (exact) mass is 256 g/mol. The molecule has 18 heavy (non-hydrogen) atoms. The highest BCUT2D eigenvalue weighted by Crippen LogP contribution is 2.24. The highest BCUT2D eigenvalue weighted by Gasteiger charge is 2.21. The summed E-state index contributed by atoms with van der Waals surface area (Å²) in [7, 11) is 0. The average molecular weight is 256 g/mol. The Morgan fingerprint density at radius 2 is 1.89 bits per heavy atom. The normalized spacial score (nSPS) is 9.94. The van der Waals surface area contributed by atoms with E-state index in [0.717, 1.165) is 17.0 Å². The molecule has 0 aliphatic rings. The highest BCUT2D eigenvalue weighted by molar-refractivity contribution is 5.99. The second-order valence-electron chi connectivity index (χ2n) is 3.54. The fourth-order valence-electron chi connectivity index (χ4n) is 1.44. The number of urea groups is 1. The summed E-state index contributed by atoms with van der Waals surface area (Å²) in [4.78, 5) is 15.8. The van der Waals surface area contributed by atoms with Gasteiger partial charge in [0.15, 0.2) is 5.96 Å². The number of carbonyl (C=O) groups is 1. The number of carbonyl (C=O) groups excluding carboxylic acids is 1. The second-order valence-corrected chi connectivity index (χ2v) is 3.54. The molecule has 5 nitrogen and oxygen atoms in total. The van der Waals surface area contributed by atoms with Gasteiger partial charge in [-0.05, 0) is 18.6 Å². The Balaban J connectivity index is 3.20. The number of hydrogen-bond acceptors (Lipinski definition) is 1. The number of halogens is 2. The Morgan fingerprint density at radius 1 is 1.33 bits per heavy atom. The number of nitrogens with two attached hydrogens (primary N) is 2. The molecular weight excluding hydrogens is 242 g/mol. The molecule has 0 aromatic heterocycles. The van der Waals surface area contributed by atoms with E-state index in [1.54, 1.807) is 6.92 Å². The van der Waals surface area contributed by atoms with Gasteiger partial charge in [-0.3, -0.25) is 4.90 Å². The first-order chi connectivity index (χ1) is 8.47. The minimum Gasteiger partial charge on any atom is -0.370 e. The molecule has 0 spiro atoms. The van der Waals surface area contributed by atoms with Crippen LogP contribution in [0.25, 0.3) is 0 Å². The summed E-state index contributed by atoms with van der Waals surface area (Å²) in [6.07, 6.45) is 0.500. The molecule has 0 aliphatic heterocycles. The summed E-state index contributed by atoms with van der Waals surface area (Å²) in [5.74, 6) is -2.15. The summed E-state index contributed by atoms with van der Waals surface area (Å²) in [6.45, 7) is 1.86. The van der Waals surface area contributed by atoms with Crippen molar-refractivity contribution in [3.63, 3.8) is 0 Å². The van der Waals surface area contributed by atoms with Crippen LogP contribution in [0.3, 0.4) is 0 Å². The molecule has 4 N–H and O–H groups in total.